The van der Waals surface area contributed by atoms with Crippen LogP contribution in [0.15, 0.2) is 30.3 Å². The van der Waals surface area contributed by atoms with E-state index in [1.165, 1.54) is 0 Å². The molecule has 4 nitrogen and oxygen atoms in total. The Morgan fingerprint density at radius 1 is 1.39 bits per heavy atom. The van der Waals surface area contributed by atoms with Gasteiger partial charge in [0.15, 0.2) is 0 Å². The molecular formula is C13H16NO3P. The molecule has 0 heterocycles. The fourth-order valence-electron chi connectivity index (χ4n) is 1.55. The van der Waals surface area contributed by atoms with E-state index in [2.05, 4.69) is 4.85 Å². The Kier molecular flexibility index (Phi) is 5.77. The second kappa shape index (κ2) is 7.10. The molecule has 1 aromatic carbocycles. The first-order valence-corrected chi connectivity index (χ1v) is 7.44. The van der Waals surface area contributed by atoms with Gasteiger partial charge in [-0.25, -0.2) is 6.57 Å². The summed E-state index contributed by atoms with van der Waals surface area (Å²) in [6, 6.07) is 8.54. The van der Waals surface area contributed by atoms with E-state index in [0.717, 1.165) is 0 Å². The van der Waals surface area contributed by atoms with Crippen molar-refractivity contribution in [3.05, 3.63) is 41.7 Å². The summed E-state index contributed by atoms with van der Waals surface area (Å²) < 4.78 is 17.9. The summed E-state index contributed by atoms with van der Waals surface area (Å²) in [5.74, 6) is 0. The summed E-state index contributed by atoms with van der Waals surface area (Å²) >= 11 is 0. The Labute approximate surface area is 107 Å². The van der Waals surface area contributed by atoms with Gasteiger partial charge in [0.25, 0.3) is 7.37 Å². The Morgan fingerprint density at radius 2 is 2.06 bits per heavy atom. The van der Waals surface area contributed by atoms with Crippen LogP contribution in [0, 0.1) is 6.57 Å². The van der Waals surface area contributed by atoms with Crippen LogP contribution in [-0.2, 0) is 13.9 Å². The molecule has 0 spiro atoms. The van der Waals surface area contributed by atoms with Crippen molar-refractivity contribution in [2.45, 2.75) is 19.8 Å². The Bertz CT molecular complexity index is 479. The second-order valence-electron chi connectivity index (χ2n) is 3.68. The lowest BCUT2D eigenvalue weighted by Crippen LogP contribution is -2.15. The van der Waals surface area contributed by atoms with Gasteiger partial charge in [0, 0.05) is 18.1 Å². The van der Waals surface area contributed by atoms with Gasteiger partial charge in [0.1, 0.15) is 0 Å². The largest absolute Gasteiger partial charge is 0.320 e. The van der Waals surface area contributed by atoms with Crippen LogP contribution in [0.25, 0.3) is 4.85 Å². The summed E-state index contributed by atoms with van der Waals surface area (Å²) in [7, 11) is -3.44. The summed E-state index contributed by atoms with van der Waals surface area (Å²) in [6.07, 6.45) is 0.542. The van der Waals surface area contributed by atoms with E-state index in [1.54, 1.807) is 37.3 Å². The molecule has 5 heteroatoms. The highest BCUT2D eigenvalue weighted by atomic mass is 31.2. The van der Waals surface area contributed by atoms with Crippen molar-refractivity contribution in [2.24, 2.45) is 0 Å². The summed E-state index contributed by atoms with van der Waals surface area (Å²) in [5.41, 5.74) is -0.404. The maximum absolute atomic E-state index is 12.7. The van der Waals surface area contributed by atoms with Crippen molar-refractivity contribution in [1.29, 1.82) is 0 Å². The zero-order valence-electron chi connectivity index (χ0n) is 10.3. The van der Waals surface area contributed by atoms with E-state index in [-0.39, 0.29) is 19.6 Å². The quantitative estimate of drug-likeness (QED) is 0.432. The van der Waals surface area contributed by atoms with Crippen LogP contribution >= 0.6 is 7.37 Å². The SMILES string of the molecule is [C-]#[N+]CCCC(=O)P(=O)(OCC)c1ccccc1. The van der Waals surface area contributed by atoms with Gasteiger partial charge in [0.2, 0.25) is 12.1 Å². The Morgan fingerprint density at radius 3 is 2.61 bits per heavy atom. The van der Waals surface area contributed by atoms with Gasteiger partial charge in [0.05, 0.1) is 6.61 Å². The molecule has 0 aliphatic rings. The molecule has 0 saturated carbocycles. The minimum absolute atomic E-state index is 0.120. The van der Waals surface area contributed by atoms with Crippen LogP contribution in [0.5, 0.6) is 0 Å². The predicted octanol–water partition coefficient (Wildman–Crippen LogP) is 2.85. The van der Waals surface area contributed by atoms with Crippen LogP contribution < -0.4 is 5.30 Å². The van der Waals surface area contributed by atoms with Crippen LogP contribution in [0.3, 0.4) is 0 Å². The summed E-state index contributed by atoms with van der Waals surface area (Å²) in [5, 5.41) is 0.430. The Balaban J connectivity index is 2.91. The van der Waals surface area contributed by atoms with Gasteiger partial charge < -0.3 is 9.37 Å². The number of carbonyl (C=O) groups excluding carboxylic acids is 1. The van der Waals surface area contributed by atoms with E-state index < -0.39 is 12.9 Å². The van der Waals surface area contributed by atoms with Crippen LogP contribution in [0.1, 0.15) is 19.8 Å². The van der Waals surface area contributed by atoms with Crippen LogP contribution in [0.2, 0.25) is 0 Å². The number of carbonyl (C=O) groups is 1. The zero-order valence-corrected chi connectivity index (χ0v) is 11.2. The molecule has 0 N–H and O–H groups in total. The zero-order chi connectivity index (χ0) is 13.4. The standard InChI is InChI=1S/C13H16NO3P/c1-3-17-18(16,12-8-5-4-6-9-12)13(15)10-7-11-14-2/h4-6,8-9H,3,7,10-11H2,1H3. The number of benzene rings is 1. The highest BCUT2D eigenvalue weighted by Gasteiger charge is 2.33. The molecule has 0 fully saturated rings. The molecule has 1 rings (SSSR count). The summed E-state index contributed by atoms with van der Waals surface area (Å²) in [6.45, 7) is 8.87. The van der Waals surface area contributed by atoms with Gasteiger partial charge in [-0.15, -0.1) is 0 Å². The third-order valence-corrected chi connectivity index (χ3v) is 4.88. The smallest absolute Gasteiger partial charge is 0.295 e. The van der Waals surface area contributed by atoms with Crippen molar-refractivity contribution >= 4 is 18.2 Å². The molecule has 0 aliphatic heterocycles. The molecule has 1 atom stereocenters. The lowest BCUT2D eigenvalue weighted by Gasteiger charge is -2.16. The minimum Gasteiger partial charge on any atom is -0.320 e. The molecule has 18 heavy (non-hydrogen) atoms. The summed E-state index contributed by atoms with van der Waals surface area (Å²) in [4.78, 5) is 15.2. The molecule has 0 radical (unpaired) electrons. The molecule has 1 aromatic rings. The molecule has 0 aliphatic carbocycles. The normalized spacial score (nSPS) is 13.6. The first kappa shape index (κ1) is 14.6. The van der Waals surface area contributed by atoms with E-state index >= 15 is 0 Å². The van der Waals surface area contributed by atoms with Crippen molar-refractivity contribution < 1.29 is 13.9 Å². The van der Waals surface area contributed by atoms with Crippen molar-refractivity contribution in [2.75, 3.05) is 13.2 Å². The van der Waals surface area contributed by atoms with Crippen LogP contribution in [-0.4, -0.2) is 18.7 Å². The monoisotopic (exact) mass is 265 g/mol. The maximum atomic E-state index is 12.7. The lowest BCUT2D eigenvalue weighted by molar-refractivity contribution is -0.112. The first-order valence-electron chi connectivity index (χ1n) is 5.82. The van der Waals surface area contributed by atoms with Crippen molar-refractivity contribution in [1.82, 2.24) is 0 Å². The topological polar surface area (TPSA) is 47.7 Å². The highest BCUT2D eigenvalue weighted by Crippen LogP contribution is 2.47. The van der Waals surface area contributed by atoms with Gasteiger partial charge in [-0.2, -0.15) is 0 Å². The van der Waals surface area contributed by atoms with Gasteiger partial charge >= 0.3 is 0 Å². The molecule has 0 bridgehead atoms. The highest BCUT2D eigenvalue weighted by molar-refractivity contribution is 7.82. The average molecular weight is 265 g/mol. The Hall–Kier alpha value is -1.43. The number of hydrogen-bond donors (Lipinski definition) is 0. The lowest BCUT2D eigenvalue weighted by atomic mass is 10.3. The van der Waals surface area contributed by atoms with E-state index in [1.807, 2.05) is 0 Å². The fourth-order valence-corrected chi connectivity index (χ4v) is 3.51. The third kappa shape index (κ3) is 3.53. The molecule has 96 valence electrons. The molecule has 1 unspecified atom stereocenters. The molecular weight excluding hydrogens is 249 g/mol. The van der Waals surface area contributed by atoms with E-state index in [0.29, 0.717) is 11.7 Å². The number of nitrogens with zero attached hydrogens (tertiary/aromatic N) is 1. The molecule has 0 amide bonds. The number of rotatable bonds is 7. The first-order chi connectivity index (χ1) is 8.65. The van der Waals surface area contributed by atoms with Gasteiger partial charge in [-0.1, -0.05) is 18.2 Å². The predicted molar refractivity (Wildman–Crippen MR) is 71.0 cm³/mol. The van der Waals surface area contributed by atoms with Gasteiger partial charge in [-0.3, -0.25) is 9.36 Å². The van der Waals surface area contributed by atoms with E-state index in [4.69, 9.17) is 11.1 Å². The minimum atomic E-state index is -3.44. The second-order valence-corrected chi connectivity index (χ2v) is 6.06. The molecule has 0 saturated heterocycles. The average Bonchev–Trinajstić information content (AvgIpc) is 2.40. The fraction of sp³-hybridized carbons (Fsp3) is 0.385. The maximum Gasteiger partial charge on any atom is 0.295 e. The van der Waals surface area contributed by atoms with Crippen molar-refractivity contribution in [3.63, 3.8) is 0 Å². The van der Waals surface area contributed by atoms with E-state index in [9.17, 15) is 9.36 Å². The van der Waals surface area contributed by atoms with Gasteiger partial charge in [-0.05, 0) is 19.1 Å². The van der Waals surface area contributed by atoms with Crippen molar-refractivity contribution in [3.8, 4) is 0 Å². The third-order valence-electron chi connectivity index (χ3n) is 2.40. The number of hydrogen-bond acceptors (Lipinski definition) is 3. The van der Waals surface area contributed by atoms with Crippen LogP contribution in [0.4, 0.5) is 0 Å². The molecule has 0 aromatic heterocycles.